The van der Waals surface area contributed by atoms with Gasteiger partial charge in [-0.3, -0.25) is 0 Å². The van der Waals surface area contributed by atoms with Crippen molar-refractivity contribution in [3.63, 3.8) is 0 Å². The number of morpholine rings is 1. The Bertz CT molecular complexity index is 707. The summed E-state index contributed by atoms with van der Waals surface area (Å²) in [4.78, 5) is 12.0. The van der Waals surface area contributed by atoms with Gasteiger partial charge in [0.2, 0.25) is 10.0 Å². The largest absolute Gasteiger partial charge is 0.489 e. The monoisotopic (exact) mass is 369 g/mol. The maximum atomic E-state index is 12.0. The number of urea groups is 1. The first-order valence-electron chi connectivity index (χ1n) is 7.84. The van der Waals surface area contributed by atoms with Crippen molar-refractivity contribution in [1.29, 1.82) is 0 Å². The number of rotatable bonds is 7. The lowest BCUT2D eigenvalue weighted by molar-refractivity contribution is 0.00167. The van der Waals surface area contributed by atoms with E-state index in [4.69, 9.17) is 9.47 Å². The van der Waals surface area contributed by atoms with E-state index >= 15 is 0 Å². The number of hydrogen-bond donors (Lipinski definition) is 2. The molecule has 8 nitrogen and oxygen atoms in total. The van der Waals surface area contributed by atoms with Gasteiger partial charge in [-0.2, -0.15) is 4.31 Å². The summed E-state index contributed by atoms with van der Waals surface area (Å²) >= 11 is 0. The minimum Gasteiger partial charge on any atom is -0.489 e. The fraction of sp³-hybridized carbons (Fsp3) is 0.438. The van der Waals surface area contributed by atoms with E-state index in [-0.39, 0.29) is 19.2 Å². The van der Waals surface area contributed by atoms with E-state index in [0.717, 1.165) is 6.26 Å². The highest BCUT2D eigenvalue weighted by Crippen LogP contribution is 2.17. The zero-order valence-electron chi connectivity index (χ0n) is 14.1. The molecule has 1 heterocycles. The quantitative estimate of drug-likeness (QED) is 0.700. The molecule has 1 atom stereocenters. The van der Waals surface area contributed by atoms with Gasteiger partial charge in [0.05, 0.1) is 19.0 Å². The van der Waals surface area contributed by atoms with Gasteiger partial charge in [0.1, 0.15) is 12.4 Å². The molecular formula is C16H23N3O5S. The van der Waals surface area contributed by atoms with Crippen molar-refractivity contribution >= 4 is 21.7 Å². The molecule has 2 amide bonds. The lowest BCUT2D eigenvalue weighted by Crippen LogP contribution is -2.49. The Hall–Kier alpha value is -2.10. The van der Waals surface area contributed by atoms with Gasteiger partial charge in [-0.05, 0) is 12.1 Å². The fourth-order valence-electron chi connectivity index (χ4n) is 2.32. The second-order valence-electron chi connectivity index (χ2n) is 5.58. The zero-order valence-corrected chi connectivity index (χ0v) is 14.9. The molecular weight excluding hydrogens is 346 g/mol. The Balaban J connectivity index is 1.81. The summed E-state index contributed by atoms with van der Waals surface area (Å²) < 4.78 is 35.4. The molecule has 1 aliphatic rings. The molecule has 0 aromatic heterocycles. The summed E-state index contributed by atoms with van der Waals surface area (Å²) in [6, 6.07) is 6.58. The summed E-state index contributed by atoms with van der Waals surface area (Å²) in [7, 11) is -3.25. The van der Waals surface area contributed by atoms with Crippen LogP contribution in [-0.2, 0) is 14.8 Å². The fourth-order valence-corrected chi connectivity index (χ4v) is 3.16. The van der Waals surface area contributed by atoms with Crippen LogP contribution < -0.4 is 15.4 Å². The van der Waals surface area contributed by atoms with Crippen LogP contribution in [0, 0.1) is 0 Å². The molecule has 0 saturated carbocycles. The van der Waals surface area contributed by atoms with Crippen LogP contribution in [0.1, 0.15) is 0 Å². The predicted molar refractivity (Wildman–Crippen MR) is 95.3 cm³/mol. The van der Waals surface area contributed by atoms with E-state index < -0.39 is 16.1 Å². The van der Waals surface area contributed by atoms with Crippen LogP contribution in [0.3, 0.4) is 0 Å². The molecule has 2 N–H and O–H groups in total. The molecule has 1 aliphatic heterocycles. The molecule has 25 heavy (non-hydrogen) atoms. The summed E-state index contributed by atoms with van der Waals surface area (Å²) in [5.41, 5.74) is 0.585. The minimum atomic E-state index is -3.25. The van der Waals surface area contributed by atoms with Crippen molar-refractivity contribution in [2.75, 3.05) is 44.4 Å². The van der Waals surface area contributed by atoms with Gasteiger partial charge in [0.25, 0.3) is 0 Å². The van der Waals surface area contributed by atoms with Gasteiger partial charge in [-0.1, -0.05) is 18.7 Å². The molecule has 0 radical (unpaired) electrons. The Morgan fingerprint density at radius 2 is 2.32 bits per heavy atom. The standard InChI is InChI=1S/C16H23N3O5S/c1-3-8-23-14-6-4-5-13(10-14)18-16(20)17-11-15-12-19(7-9-24-15)25(2,21)22/h3-6,10,15H,1,7-9,11-12H2,2H3,(H2,17,18,20)/t15-/m1/s1. The van der Waals surface area contributed by atoms with Crippen LogP contribution in [0.5, 0.6) is 5.75 Å². The van der Waals surface area contributed by atoms with Crippen LogP contribution in [0.15, 0.2) is 36.9 Å². The third-order valence-electron chi connectivity index (χ3n) is 3.52. The lowest BCUT2D eigenvalue weighted by atomic mass is 10.3. The van der Waals surface area contributed by atoms with Gasteiger partial charge >= 0.3 is 6.03 Å². The lowest BCUT2D eigenvalue weighted by Gasteiger charge is -2.31. The van der Waals surface area contributed by atoms with Gasteiger partial charge in [0.15, 0.2) is 0 Å². The number of nitrogens with zero attached hydrogens (tertiary/aromatic N) is 1. The highest BCUT2D eigenvalue weighted by Gasteiger charge is 2.26. The Morgan fingerprint density at radius 3 is 3.04 bits per heavy atom. The van der Waals surface area contributed by atoms with Gasteiger partial charge in [0, 0.05) is 31.4 Å². The first-order valence-corrected chi connectivity index (χ1v) is 9.68. The summed E-state index contributed by atoms with van der Waals surface area (Å²) in [5, 5.41) is 5.38. The minimum absolute atomic E-state index is 0.213. The van der Waals surface area contributed by atoms with E-state index in [2.05, 4.69) is 17.2 Å². The van der Waals surface area contributed by atoms with E-state index in [1.54, 1.807) is 30.3 Å². The molecule has 9 heteroatoms. The number of benzene rings is 1. The van der Waals surface area contributed by atoms with Crippen LogP contribution in [0.4, 0.5) is 10.5 Å². The molecule has 0 unspecified atom stereocenters. The Kier molecular flexibility index (Phi) is 6.80. The normalized spacial score (nSPS) is 18.4. The number of anilines is 1. The molecule has 1 aromatic carbocycles. The van der Waals surface area contributed by atoms with E-state index in [1.807, 2.05) is 0 Å². The predicted octanol–water partition coefficient (Wildman–Crippen LogP) is 1.03. The van der Waals surface area contributed by atoms with Crippen molar-refractivity contribution in [1.82, 2.24) is 9.62 Å². The molecule has 0 bridgehead atoms. The van der Waals surface area contributed by atoms with Crippen molar-refractivity contribution < 1.29 is 22.7 Å². The molecule has 2 rings (SSSR count). The summed E-state index contributed by atoms with van der Waals surface area (Å²) in [6.45, 7) is 5.04. The number of carbonyl (C=O) groups is 1. The third-order valence-corrected chi connectivity index (χ3v) is 4.79. The molecule has 138 valence electrons. The SMILES string of the molecule is C=CCOc1cccc(NC(=O)NC[C@@H]2CN(S(C)(=O)=O)CCO2)c1. The van der Waals surface area contributed by atoms with Crippen molar-refractivity contribution in [2.24, 2.45) is 0 Å². The molecule has 1 aromatic rings. The van der Waals surface area contributed by atoms with Crippen molar-refractivity contribution in [3.05, 3.63) is 36.9 Å². The molecule has 0 spiro atoms. The highest BCUT2D eigenvalue weighted by atomic mass is 32.2. The maximum absolute atomic E-state index is 12.0. The van der Waals surface area contributed by atoms with E-state index in [1.165, 1.54) is 4.31 Å². The zero-order chi connectivity index (χ0) is 18.3. The first-order chi connectivity index (χ1) is 11.9. The Labute approximate surface area is 147 Å². The van der Waals surface area contributed by atoms with Gasteiger partial charge < -0.3 is 20.1 Å². The summed E-state index contributed by atoms with van der Waals surface area (Å²) in [6.07, 6.45) is 2.42. The highest BCUT2D eigenvalue weighted by molar-refractivity contribution is 7.88. The number of hydrogen-bond acceptors (Lipinski definition) is 5. The third kappa shape index (κ3) is 6.37. The number of sulfonamides is 1. The van der Waals surface area contributed by atoms with Crippen molar-refractivity contribution in [2.45, 2.75) is 6.10 Å². The average Bonchev–Trinajstić information content (AvgIpc) is 2.58. The maximum Gasteiger partial charge on any atom is 0.319 e. The number of nitrogens with one attached hydrogen (secondary N) is 2. The number of ether oxygens (including phenoxy) is 2. The van der Waals surface area contributed by atoms with E-state index in [9.17, 15) is 13.2 Å². The number of amides is 2. The molecule has 1 fully saturated rings. The van der Waals surface area contributed by atoms with Gasteiger partial charge in [-0.15, -0.1) is 0 Å². The van der Waals surface area contributed by atoms with Crippen LogP contribution in [0.25, 0.3) is 0 Å². The number of carbonyl (C=O) groups excluding carboxylic acids is 1. The topological polar surface area (TPSA) is 97.0 Å². The van der Waals surface area contributed by atoms with E-state index in [0.29, 0.717) is 31.2 Å². The smallest absolute Gasteiger partial charge is 0.319 e. The summed E-state index contributed by atoms with van der Waals surface area (Å²) in [5.74, 6) is 0.622. The van der Waals surface area contributed by atoms with Crippen LogP contribution in [-0.4, -0.2) is 64.0 Å². The van der Waals surface area contributed by atoms with Crippen molar-refractivity contribution in [3.8, 4) is 5.75 Å². The first kappa shape index (κ1) is 19.2. The second kappa shape index (κ2) is 8.84. The average molecular weight is 369 g/mol. The molecule has 0 aliphatic carbocycles. The second-order valence-corrected chi connectivity index (χ2v) is 7.56. The van der Waals surface area contributed by atoms with Crippen LogP contribution in [0.2, 0.25) is 0 Å². The van der Waals surface area contributed by atoms with Crippen LogP contribution >= 0.6 is 0 Å². The Morgan fingerprint density at radius 1 is 1.52 bits per heavy atom. The van der Waals surface area contributed by atoms with Gasteiger partial charge in [-0.25, -0.2) is 13.2 Å². The molecule has 1 saturated heterocycles.